The molecule has 0 fully saturated rings. The van der Waals surface area contributed by atoms with Crippen molar-refractivity contribution < 1.29 is 4.39 Å². The van der Waals surface area contributed by atoms with E-state index in [4.69, 9.17) is 11.6 Å². The van der Waals surface area contributed by atoms with Crippen LogP contribution < -0.4 is 0 Å². The van der Waals surface area contributed by atoms with Gasteiger partial charge in [-0.05, 0) is 46.6 Å². The summed E-state index contributed by atoms with van der Waals surface area (Å²) >= 11 is 9.41. The van der Waals surface area contributed by atoms with Crippen LogP contribution in [0.3, 0.4) is 0 Å². The maximum absolute atomic E-state index is 13.3. The predicted molar refractivity (Wildman–Crippen MR) is 74.1 cm³/mol. The summed E-state index contributed by atoms with van der Waals surface area (Å²) in [4.78, 5) is 8.67. The third-order valence-corrected chi connectivity index (χ3v) is 3.15. The first-order valence-corrected chi connectivity index (χ1v) is 6.76. The largest absolute Gasteiger partial charge is 0.233 e. The van der Waals surface area contributed by atoms with Crippen LogP contribution in [0, 0.1) is 5.82 Å². The van der Waals surface area contributed by atoms with Gasteiger partial charge in [0.1, 0.15) is 16.2 Å². The lowest BCUT2D eigenvalue weighted by atomic mass is 10.1. The Kier molecular flexibility index (Phi) is 4.30. The number of aromatic nitrogens is 2. The van der Waals surface area contributed by atoms with Gasteiger partial charge in [-0.2, -0.15) is 0 Å². The van der Waals surface area contributed by atoms with E-state index in [-0.39, 0.29) is 5.82 Å². The number of hydrogen-bond acceptors (Lipinski definition) is 2. The molecule has 0 radical (unpaired) electrons. The Bertz CT molecular complexity index is 575. The second kappa shape index (κ2) is 5.76. The van der Waals surface area contributed by atoms with Crippen molar-refractivity contribution in [3.8, 4) is 11.3 Å². The van der Waals surface area contributed by atoms with Crippen LogP contribution in [0.25, 0.3) is 11.3 Å². The van der Waals surface area contributed by atoms with Gasteiger partial charge in [-0.1, -0.05) is 18.5 Å². The standard InChI is InChI=1S/C13H11BrClFN2/c1-2-3-13-17-11(7-12(14)18-13)9-6-8(16)4-5-10(9)15/h4-7H,2-3H2,1H3. The maximum Gasteiger partial charge on any atom is 0.130 e. The quantitative estimate of drug-likeness (QED) is 0.766. The minimum Gasteiger partial charge on any atom is -0.233 e. The summed E-state index contributed by atoms with van der Waals surface area (Å²) in [6.45, 7) is 2.05. The molecule has 0 amide bonds. The van der Waals surface area contributed by atoms with Crippen molar-refractivity contribution >= 4 is 27.5 Å². The first-order chi connectivity index (χ1) is 8.60. The summed E-state index contributed by atoms with van der Waals surface area (Å²) in [6.07, 6.45) is 1.73. The Morgan fingerprint density at radius 3 is 2.78 bits per heavy atom. The Morgan fingerprint density at radius 1 is 1.28 bits per heavy atom. The van der Waals surface area contributed by atoms with Gasteiger partial charge >= 0.3 is 0 Å². The van der Waals surface area contributed by atoms with Crippen LogP contribution in [0.5, 0.6) is 0 Å². The molecule has 0 saturated heterocycles. The van der Waals surface area contributed by atoms with E-state index in [1.807, 2.05) is 0 Å². The summed E-state index contributed by atoms with van der Waals surface area (Å²) in [5.74, 6) is 0.392. The highest BCUT2D eigenvalue weighted by molar-refractivity contribution is 9.10. The first kappa shape index (κ1) is 13.4. The van der Waals surface area contributed by atoms with Gasteiger partial charge in [0.05, 0.1) is 10.7 Å². The number of nitrogens with zero attached hydrogens (tertiary/aromatic N) is 2. The van der Waals surface area contributed by atoms with E-state index >= 15 is 0 Å². The molecule has 0 atom stereocenters. The lowest BCUT2D eigenvalue weighted by Crippen LogP contribution is -1.97. The predicted octanol–water partition coefficient (Wildman–Crippen LogP) is 4.65. The molecule has 2 nitrogen and oxygen atoms in total. The number of rotatable bonds is 3. The smallest absolute Gasteiger partial charge is 0.130 e. The molecular formula is C13H11BrClFN2. The number of halogens is 3. The van der Waals surface area contributed by atoms with Crippen molar-refractivity contribution in [2.24, 2.45) is 0 Å². The van der Waals surface area contributed by atoms with E-state index in [2.05, 4.69) is 32.8 Å². The van der Waals surface area contributed by atoms with Gasteiger partial charge in [0.25, 0.3) is 0 Å². The Balaban J connectivity index is 2.52. The molecule has 1 aromatic carbocycles. The zero-order chi connectivity index (χ0) is 13.1. The van der Waals surface area contributed by atoms with Gasteiger partial charge in [-0.25, -0.2) is 14.4 Å². The molecule has 0 saturated carbocycles. The van der Waals surface area contributed by atoms with E-state index < -0.39 is 0 Å². The summed E-state index contributed by atoms with van der Waals surface area (Å²) in [7, 11) is 0. The summed E-state index contributed by atoms with van der Waals surface area (Å²) in [6, 6.07) is 5.98. The van der Waals surface area contributed by atoms with Crippen LogP contribution in [0.1, 0.15) is 19.2 Å². The van der Waals surface area contributed by atoms with Crippen LogP contribution in [0.2, 0.25) is 5.02 Å². The fourth-order valence-electron chi connectivity index (χ4n) is 1.63. The molecule has 0 N–H and O–H groups in total. The molecule has 0 bridgehead atoms. The number of hydrogen-bond donors (Lipinski definition) is 0. The van der Waals surface area contributed by atoms with Gasteiger partial charge in [-0.3, -0.25) is 0 Å². The normalized spacial score (nSPS) is 10.7. The molecule has 2 aromatic rings. The first-order valence-electron chi connectivity index (χ1n) is 5.59. The van der Waals surface area contributed by atoms with Gasteiger partial charge in [0, 0.05) is 12.0 Å². The minimum absolute atomic E-state index is 0.332. The molecular weight excluding hydrogens is 319 g/mol. The van der Waals surface area contributed by atoms with Gasteiger partial charge in [0.15, 0.2) is 0 Å². The maximum atomic E-state index is 13.3. The molecule has 5 heteroatoms. The van der Waals surface area contributed by atoms with Crippen LogP contribution in [0.4, 0.5) is 4.39 Å². The molecule has 94 valence electrons. The highest BCUT2D eigenvalue weighted by atomic mass is 79.9. The second-order valence-corrected chi connectivity index (χ2v) is 5.09. The fourth-order valence-corrected chi connectivity index (χ4v) is 2.27. The molecule has 1 heterocycles. The highest BCUT2D eigenvalue weighted by Gasteiger charge is 2.09. The molecule has 0 aliphatic heterocycles. The van der Waals surface area contributed by atoms with Crippen molar-refractivity contribution in [1.29, 1.82) is 0 Å². The van der Waals surface area contributed by atoms with E-state index in [0.717, 1.165) is 18.7 Å². The SMILES string of the molecule is CCCc1nc(Br)cc(-c2cc(F)ccc2Cl)n1. The summed E-state index contributed by atoms with van der Waals surface area (Å²) in [5.41, 5.74) is 1.21. The van der Waals surface area contributed by atoms with Crippen LogP contribution in [-0.2, 0) is 6.42 Å². The number of aryl methyl sites for hydroxylation is 1. The Morgan fingerprint density at radius 2 is 2.06 bits per heavy atom. The van der Waals surface area contributed by atoms with Crippen LogP contribution in [0.15, 0.2) is 28.9 Å². The van der Waals surface area contributed by atoms with E-state index in [0.29, 0.717) is 20.9 Å². The average Bonchev–Trinajstić information content (AvgIpc) is 2.32. The molecule has 0 aliphatic rings. The Labute approximate surface area is 118 Å². The van der Waals surface area contributed by atoms with E-state index in [1.54, 1.807) is 6.07 Å². The van der Waals surface area contributed by atoms with Gasteiger partial charge < -0.3 is 0 Å². The van der Waals surface area contributed by atoms with Crippen LogP contribution in [-0.4, -0.2) is 9.97 Å². The number of benzene rings is 1. The third-order valence-electron chi connectivity index (χ3n) is 2.42. The van der Waals surface area contributed by atoms with Crippen LogP contribution >= 0.6 is 27.5 Å². The molecule has 0 spiro atoms. The molecule has 2 rings (SSSR count). The topological polar surface area (TPSA) is 25.8 Å². The molecule has 0 unspecified atom stereocenters. The third kappa shape index (κ3) is 3.06. The molecule has 0 aliphatic carbocycles. The van der Waals surface area contributed by atoms with E-state index in [9.17, 15) is 4.39 Å². The molecule has 18 heavy (non-hydrogen) atoms. The van der Waals surface area contributed by atoms with Crippen molar-refractivity contribution in [1.82, 2.24) is 9.97 Å². The van der Waals surface area contributed by atoms with Gasteiger partial charge in [0.2, 0.25) is 0 Å². The highest BCUT2D eigenvalue weighted by Crippen LogP contribution is 2.28. The zero-order valence-corrected chi connectivity index (χ0v) is 12.1. The summed E-state index contributed by atoms with van der Waals surface area (Å²) < 4.78 is 13.9. The monoisotopic (exact) mass is 328 g/mol. The average molecular weight is 330 g/mol. The minimum atomic E-state index is -0.332. The summed E-state index contributed by atoms with van der Waals surface area (Å²) in [5, 5.41) is 0.476. The van der Waals surface area contributed by atoms with Crippen molar-refractivity contribution in [3.63, 3.8) is 0 Å². The molecule has 1 aromatic heterocycles. The fraction of sp³-hybridized carbons (Fsp3) is 0.231. The lowest BCUT2D eigenvalue weighted by Gasteiger charge is -2.06. The van der Waals surface area contributed by atoms with Crippen molar-refractivity contribution in [2.45, 2.75) is 19.8 Å². The van der Waals surface area contributed by atoms with Crippen molar-refractivity contribution in [2.75, 3.05) is 0 Å². The lowest BCUT2D eigenvalue weighted by molar-refractivity contribution is 0.628. The zero-order valence-electron chi connectivity index (χ0n) is 9.75. The Hall–Kier alpha value is -1.000. The van der Waals surface area contributed by atoms with E-state index in [1.165, 1.54) is 18.2 Å². The van der Waals surface area contributed by atoms with Crippen molar-refractivity contribution in [3.05, 3.63) is 45.5 Å². The van der Waals surface area contributed by atoms with Gasteiger partial charge in [-0.15, -0.1) is 0 Å². The second-order valence-electron chi connectivity index (χ2n) is 3.87.